The monoisotopic (exact) mass is 448 g/mol. The van der Waals surface area contributed by atoms with E-state index in [1.54, 1.807) is 4.57 Å². The van der Waals surface area contributed by atoms with Crippen LogP contribution in [-0.4, -0.2) is 61.2 Å². The van der Waals surface area contributed by atoms with Crippen LogP contribution in [0.4, 0.5) is 11.4 Å². The highest BCUT2D eigenvalue weighted by molar-refractivity contribution is 6.12. The molecule has 0 spiro atoms. The van der Waals surface area contributed by atoms with Crippen LogP contribution in [-0.2, 0) is 16.6 Å². The zero-order valence-corrected chi connectivity index (χ0v) is 20.1. The van der Waals surface area contributed by atoms with Gasteiger partial charge in [-0.05, 0) is 49.6 Å². The van der Waals surface area contributed by atoms with E-state index in [2.05, 4.69) is 47.2 Å². The fraction of sp³-hybridized carbons (Fsp3) is 0.385. The van der Waals surface area contributed by atoms with Crippen LogP contribution in [0.5, 0.6) is 0 Å². The first kappa shape index (κ1) is 22.9. The van der Waals surface area contributed by atoms with Crippen molar-refractivity contribution < 1.29 is 14.3 Å². The predicted octanol–water partition coefficient (Wildman–Crippen LogP) is 3.65. The number of aryl methyl sites for hydroxylation is 3. The summed E-state index contributed by atoms with van der Waals surface area (Å²) >= 11 is 0. The van der Waals surface area contributed by atoms with E-state index in [4.69, 9.17) is 4.74 Å². The Bertz CT molecular complexity index is 1210. The number of carbonyl (C=O) groups excluding carboxylic acids is 2. The molecule has 3 aromatic rings. The minimum Gasteiger partial charge on any atom is -0.464 e. The van der Waals surface area contributed by atoms with E-state index < -0.39 is 5.97 Å². The van der Waals surface area contributed by atoms with Gasteiger partial charge in [-0.1, -0.05) is 24.3 Å². The molecule has 1 aromatic heterocycles. The van der Waals surface area contributed by atoms with Crippen molar-refractivity contribution in [3.8, 4) is 0 Å². The van der Waals surface area contributed by atoms with Gasteiger partial charge >= 0.3 is 5.97 Å². The second-order valence-corrected chi connectivity index (χ2v) is 8.77. The molecule has 1 fully saturated rings. The summed E-state index contributed by atoms with van der Waals surface area (Å²) in [5.74, 6) is -0.596. The minimum absolute atomic E-state index is 0.129. The van der Waals surface area contributed by atoms with Crippen LogP contribution in [0.15, 0.2) is 36.4 Å². The molecule has 0 atom stereocenters. The van der Waals surface area contributed by atoms with Crippen LogP contribution < -0.4 is 10.2 Å². The third-order valence-electron chi connectivity index (χ3n) is 6.73. The molecule has 0 aliphatic carbocycles. The number of benzene rings is 2. The number of hydrogen-bond acceptors (Lipinski definition) is 5. The van der Waals surface area contributed by atoms with E-state index in [9.17, 15) is 9.59 Å². The van der Waals surface area contributed by atoms with Crippen molar-refractivity contribution in [3.05, 3.63) is 58.8 Å². The van der Waals surface area contributed by atoms with Gasteiger partial charge in [0.15, 0.2) is 5.69 Å². The standard InChI is InChI=1S/C26H32N4O3/c1-17-8-6-10-20(19(17)3)30-14-12-29(13-15-30)16-22(31)27-24-23-18(2)9-7-11-21(23)28(4)25(24)26(32)33-5/h6-11H,12-16H2,1-5H3,(H,27,31). The summed E-state index contributed by atoms with van der Waals surface area (Å²) < 4.78 is 6.79. The second kappa shape index (κ2) is 9.27. The fourth-order valence-electron chi connectivity index (χ4n) is 4.73. The van der Waals surface area contributed by atoms with E-state index in [1.807, 2.05) is 32.2 Å². The molecule has 2 heterocycles. The second-order valence-electron chi connectivity index (χ2n) is 8.77. The molecule has 0 bridgehead atoms. The normalized spacial score (nSPS) is 14.5. The van der Waals surface area contributed by atoms with Crippen molar-refractivity contribution in [2.45, 2.75) is 20.8 Å². The van der Waals surface area contributed by atoms with Crippen molar-refractivity contribution in [3.63, 3.8) is 0 Å². The van der Waals surface area contributed by atoms with E-state index in [1.165, 1.54) is 23.9 Å². The Morgan fingerprint density at radius 2 is 1.64 bits per heavy atom. The van der Waals surface area contributed by atoms with Gasteiger partial charge in [0.2, 0.25) is 5.91 Å². The quantitative estimate of drug-likeness (QED) is 0.604. The maximum atomic E-state index is 13.0. The third-order valence-corrected chi connectivity index (χ3v) is 6.73. The van der Waals surface area contributed by atoms with Gasteiger partial charge in [-0.2, -0.15) is 0 Å². The van der Waals surface area contributed by atoms with Gasteiger partial charge in [-0.15, -0.1) is 0 Å². The van der Waals surface area contributed by atoms with E-state index in [0.717, 1.165) is 42.6 Å². The number of esters is 1. The summed E-state index contributed by atoms with van der Waals surface area (Å²) in [5, 5.41) is 3.89. The number of methoxy groups -OCH3 is 1. The molecule has 1 amide bonds. The predicted molar refractivity (Wildman–Crippen MR) is 132 cm³/mol. The summed E-state index contributed by atoms with van der Waals surface area (Å²) in [5.41, 5.74) is 6.63. The fourth-order valence-corrected chi connectivity index (χ4v) is 4.73. The van der Waals surface area contributed by atoms with Crippen LogP contribution in [0.1, 0.15) is 27.2 Å². The molecule has 7 nitrogen and oxygen atoms in total. The lowest BCUT2D eigenvalue weighted by Crippen LogP contribution is -2.49. The first-order chi connectivity index (χ1) is 15.8. The Morgan fingerprint density at radius 1 is 0.970 bits per heavy atom. The lowest BCUT2D eigenvalue weighted by Gasteiger charge is -2.36. The number of aromatic nitrogens is 1. The number of anilines is 2. The highest BCUT2D eigenvalue weighted by Gasteiger charge is 2.26. The number of nitrogens with one attached hydrogen (secondary N) is 1. The number of piperazine rings is 1. The Labute approximate surface area is 194 Å². The van der Waals surface area contributed by atoms with E-state index in [0.29, 0.717) is 11.4 Å². The number of amides is 1. The Hall–Kier alpha value is -3.32. The average molecular weight is 449 g/mol. The van der Waals surface area contributed by atoms with Crippen LogP contribution in [0.2, 0.25) is 0 Å². The number of nitrogens with zero attached hydrogens (tertiary/aromatic N) is 3. The van der Waals surface area contributed by atoms with Gasteiger partial charge in [0.25, 0.3) is 0 Å². The first-order valence-electron chi connectivity index (χ1n) is 11.3. The zero-order valence-electron chi connectivity index (χ0n) is 20.1. The molecule has 1 aliphatic heterocycles. The number of carbonyl (C=O) groups is 2. The Morgan fingerprint density at radius 3 is 2.33 bits per heavy atom. The third kappa shape index (κ3) is 4.33. The molecule has 1 aliphatic rings. The highest BCUT2D eigenvalue weighted by Crippen LogP contribution is 2.33. The summed E-state index contributed by atoms with van der Waals surface area (Å²) in [6.07, 6.45) is 0. The van der Waals surface area contributed by atoms with Crippen molar-refractivity contribution in [1.82, 2.24) is 9.47 Å². The van der Waals surface area contributed by atoms with Crippen LogP contribution in [0, 0.1) is 20.8 Å². The lowest BCUT2D eigenvalue weighted by molar-refractivity contribution is -0.117. The zero-order chi connectivity index (χ0) is 23.7. The summed E-state index contributed by atoms with van der Waals surface area (Å²) in [4.78, 5) is 30.1. The van der Waals surface area contributed by atoms with Crippen molar-refractivity contribution >= 4 is 34.2 Å². The molecule has 1 saturated heterocycles. The average Bonchev–Trinajstić information content (AvgIpc) is 3.08. The number of rotatable bonds is 5. The van der Waals surface area contributed by atoms with Gasteiger partial charge in [-0.25, -0.2) is 4.79 Å². The molecule has 0 saturated carbocycles. The maximum absolute atomic E-state index is 13.0. The first-order valence-corrected chi connectivity index (χ1v) is 11.3. The summed E-state index contributed by atoms with van der Waals surface area (Å²) in [6.45, 7) is 9.91. The van der Waals surface area contributed by atoms with Gasteiger partial charge in [0.05, 0.1) is 24.9 Å². The topological polar surface area (TPSA) is 66.8 Å². The largest absolute Gasteiger partial charge is 0.464 e. The molecule has 33 heavy (non-hydrogen) atoms. The molecular weight excluding hydrogens is 416 g/mol. The molecule has 174 valence electrons. The van der Waals surface area contributed by atoms with Crippen molar-refractivity contribution in [2.75, 3.05) is 50.1 Å². The molecule has 1 N–H and O–H groups in total. The molecule has 0 unspecified atom stereocenters. The number of ether oxygens (including phenoxy) is 1. The molecule has 4 rings (SSSR count). The minimum atomic E-state index is -0.467. The smallest absolute Gasteiger partial charge is 0.356 e. The molecule has 2 aromatic carbocycles. The molecule has 7 heteroatoms. The summed E-state index contributed by atoms with van der Waals surface area (Å²) in [7, 11) is 3.17. The van der Waals surface area contributed by atoms with E-state index >= 15 is 0 Å². The van der Waals surface area contributed by atoms with Gasteiger partial charge in [0, 0.05) is 44.3 Å². The van der Waals surface area contributed by atoms with Crippen molar-refractivity contribution in [1.29, 1.82) is 0 Å². The Kier molecular flexibility index (Phi) is 6.42. The Balaban J connectivity index is 1.48. The van der Waals surface area contributed by atoms with Gasteiger partial charge < -0.3 is 19.5 Å². The number of hydrogen-bond donors (Lipinski definition) is 1. The van der Waals surface area contributed by atoms with Crippen LogP contribution in [0.3, 0.4) is 0 Å². The molecule has 0 radical (unpaired) electrons. The van der Waals surface area contributed by atoms with E-state index in [-0.39, 0.29) is 12.5 Å². The number of fused-ring (bicyclic) bond motifs is 1. The van der Waals surface area contributed by atoms with Gasteiger partial charge in [-0.3, -0.25) is 9.69 Å². The highest BCUT2D eigenvalue weighted by atomic mass is 16.5. The SMILES string of the molecule is COC(=O)c1c(NC(=O)CN2CCN(c3cccc(C)c3C)CC2)c2c(C)cccc2n1C. The van der Waals surface area contributed by atoms with Crippen LogP contribution in [0.25, 0.3) is 10.9 Å². The van der Waals surface area contributed by atoms with Crippen LogP contribution >= 0.6 is 0 Å². The van der Waals surface area contributed by atoms with Crippen molar-refractivity contribution in [2.24, 2.45) is 7.05 Å². The molecular formula is C26H32N4O3. The summed E-state index contributed by atoms with van der Waals surface area (Å²) in [6, 6.07) is 12.3. The lowest BCUT2D eigenvalue weighted by atomic mass is 10.1. The van der Waals surface area contributed by atoms with Gasteiger partial charge in [0.1, 0.15) is 0 Å². The maximum Gasteiger partial charge on any atom is 0.356 e.